The van der Waals surface area contributed by atoms with E-state index in [0.717, 1.165) is 11.1 Å². The molecular formula is C27H31N3O6S2. The second kappa shape index (κ2) is 11.1. The number of aryl methyl sites for hydroxylation is 2. The zero-order valence-corrected chi connectivity index (χ0v) is 23.1. The molecule has 1 fully saturated rings. The van der Waals surface area contributed by atoms with Crippen LogP contribution in [-0.4, -0.2) is 47.2 Å². The highest BCUT2D eigenvalue weighted by Gasteiger charge is 2.33. The van der Waals surface area contributed by atoms with Crippen LogP contribution in [-0.2, 0) is 24.8 Å². The van der Waals surface area contributed by atoms with Crippen LogP contribution in [0.4, 0.5) is 11.4 Å². The van der Waals surface area contributed by atoms with Crippen molar-refractivity contribution < 1.29 is 26.4 Å². The van der Waals surface area contributed by atoms with E-state index in [1.165, 1.54) is 47.8 Å². The van der Waals surface area contributed by atoms with Crippen LogP contribution in [0.3, 0.4) is 0 Å². The van der Waals surface area contributed by atoms with Crippen molar-refractivity contribution in [1.29, 1.82) is 0 Å². The highest BCUT2D eigenvalue weighted by molar-refractivity contribution is 7.92. The van der Waals surface area contributed by atoms with E-state index in [4.69, 9.17) is 4.74 Å². The Hall–Kier alpha value is -3.41. The Balaban J connectivity index is 1.42. The monoisotopic (exact) mass is 557 g/mol. The van der Waals surface area contributed by atoms with Crippen molar-refractivity contribution >= 4 is 37.3 Å². The molecule has 0 bridgehead atoms. The Kier molecular flexibility index (Phi) is 8.10. The fourth-order valence-corrected chi connectivity index (χ4v) is 7.13. The lowest BCUT2D eigenvalue weighted by molar-refractivity contribution is -0.120. The summed E-state index contributed by atoms with van der Waals surface area (Å²) in [6.45, 7) is 4.06. The summed E-state index contributed by atoms with van der Waals surface area (Å²) in [5.74, 6) is -0.297. The molecule has 0 saturated carbocycles. The summed E-state index contributed by atoms with van der Waals surface area (Å²) in [5, 5.41) is 2.79. The van der Waals surface area contributed by atoms with E-state index in [1.807, 2.05) is 32.0 Å². The highest BCUT2D eigenvalue weighted by atomic mass is 32.2. The van der Waals surface area contributed by atoms with Gasteiger partial charge in [-0.05, 0) is 86.3 Å². The summed E-state index contributed by atoms with van der Waals surface area (Å²) in [4.78, 5) is 13.2. The smallest absolute Gasteiger partial charge is 0.261 e. The molecule has 3 aromatic carbocycles. The van der Waals surface area contributed by atoms with Gasteiger partial charge in [-0.15, -0.1) is 0 Å². The van der Waals surface area contributed by atoms with Crippen LogP contribution in [0.5, 0.6) is 5.75 Å². The first-order chi connectivity index (χ1) is 18.0. The molecule has 1 aliphatic heterocycles. The fraction of sp³-hybridized carbons (Fsp3) is 0.296. The number of anilines is 2. The number of rotatable bonds is 8. The molecule has 11 heteroatoms. The second-order valence-corrected chi connectivity index (χ2v) is 12.9. The van der Waals surface area contributed by atoms with Gasteiger partial charge in [0.15, 0.2) is 0 Å². The van der Waals surface area contributed by atoms with Crippen LogP contribution < -0.4 is 14.8 Å². The van der Waals surface area contributed by atoms with E-state index >= 15 is 0 Å². The topological polar surface area (TPSA) is 122 Å². The number of methoxy groups -OCH3 is 1. The molecule has 9 nitrogen and oxygen atoms in total. The summed E-state index contributed by atoms with van der Waals surface area (Å²) in [7, 11) is -6.07. The molecule has 0 radical (unpaired) electrons. The maximum atomic E-state index is 13.1. The van der Waals surface area contributed by atoms with E-state index < -0.39 is 26.0 Å². The molecule has 0 aliphatic carbocycles. The number of sulfonamides is 2. The van der Waals surface area contributed by atoms with Crippen molar-refractivity contribution in [3.63, 3.8) is 0 Å². The van der Waals surface area contributed by atoms with Gasteiger partial charge < -0.3 is 10.1 Å². The summed E-state index contributed by atoms with van der Waals surface area (Å²) in [5.41, 5.74) is 2.59. The molecule has 202 valence electrons. The number of amides is 1. The van der Waals surface area contributed by atoms with Crippen LogP contribution in [0.1, 0.15) is 24.0 Å². The zero-order valence-electron chi connectivity index (χ0n) is 21.5. The number of hydrogen-bond acceptors (Lipinski definition) is 6. The van der Waals surface area contributed by atoms with Gasteiger partial charge in [-0.2, -0.15) is 4.31 Å². The van der Waals surface area contributed by atoms with E-state index in [-0.39, 0.29) is 22.2 Å². The molecule has 38 heavy (non-hydrogen) atoms. The van der Waals surface area contributed by atoms with E-state index in [0.29, 0.717) is 36.5 Å². The Morgan fingerprint density at radius 1 is 0.895 bits per heavy atom. The van der Waals surface area contributed by atoms with E-state index in [1.54, 1.807) is 12.1 Å². The molecule has 1 aliphatic rings. The van der Waals surface area contributed by atoms with Crippen LogP contribution in [0.15, 0.2) is 76.5 Å². The minimum absolute atomic E-state index is 0.0619. The number of hydrogen-bond donors (Lipinski definition) is 2. The van der Waals surface area contributed by atoms with Gasteiger partial charge >= 0.3 is 0 Å². The number of para-hydroxylation sites is 1. The Morgan fingerprint density at radius 3 is 2.11 bits per heavy atom. The number of nitrogens with one attached hydrogen (secondary N) is 2. The van der Waals surface area contributed by atoms with Crippen molar-refractivity contribution in [2.45, 2.75) is 36.5 Å². The molecule has 4 rings (SSSR count). The molecular weight excluding hydrogens is 526 g/mol. The predicted octanol–water partition coefficient (Wildman–Crippen LogP) is 4.15. The Labute approximate surface area is 223 Å². The largest absolute Gasteiger partial charge is 0.497 e. The number of piperidine rings is 1. The Morgan fingerprint density at radius 2 is 1.50 bits per heavy atom. The van der Waals surface area contributed by atoms with Crippen molar-refractivity contribution in [2.75, 3.05) is 30.2 Å². The van der Waals surface area contributed by atoms with Gasteiger partial charge in [0.05, 0.1) is 28.5 Å². The van der Waals surface area contributed by atoms with Crippen molar-refractivity contribution in [3.05, 3.63) is 77.9 Å². The first-order valence-corrected chi connectivity index (χ1v) is 15.1. The molecule has 0 unspecified atom stereocenters. The average molecular weight is 558 g/mol. The minimum atomic E-state index is -3.82. The van der Waals surface area contributed by atoms with Crippen LogP contribution >= 0.6 is 0 Å². The van der Waals surface area contributed by atoms with Crippen molar-refractivity contribution in [1.82, 2.24) is 4.31 Å². The number of benzene rings is 3. The van der Waals surface area contributed by atoms with Gasteiger partial charge in [-0.25, -0.2) is 16.8 Å². The molecule has 1 amide bonds. The zero-order chi connectivity index (χ0) is 27.5. The van der Waals surface area contributed by atoms with Gasteiger partial charge in [0.1, 0.15) is 5.75 Å². The van der Waals surface area contributed by atoms with Gasteiger partial charge in [0, 0.05) is 18.8 Å². The van der Waals surface area contributed by atoms with Crippen LogP contribution in [0, 0.1) is 19.8 Å². The molecule has 1 atom stereocenters. The van der Waals surface area contributed by atoms with Gasteiger partial charge in [0.25, 0.3) is 10.0 Å². The third kappa shape index (κ3) is 6.01. The average Bonchev–Trinajstić information content (AvgIpc) is 2.91. The lowest BCUT2D eigenvalue weighted by Crippen LogP contribution is -2.43. The summed E-state index contributed by atoms with van der Waals surface area (Å²) in [6.07, 6.45) is 1.10. The second-order valence-electron chi connectivity index (χ2n) is 9.26. The molecule has 3 aromatic rings. The summed E-state index contributed by atoms with van der Waals surface area (Å²) in [6, 6.07) is 17.6. The van der Waals surface area contributed by atoms with Gasteiger partial charge in [0.2, 0.25) is 15.9 Å². The van der Waals surface area contributed by atoms with E-state index in [2.05, 4.69) is 10.0 Å². The fourth-order valence-electron chi connectivity index (χ4n) is 4.40. The molecule has 2 N–H and O–H groups in total. The van der Waals surface area contributed by atoms with Gasteiger partial charge in [-0.1, -0.05) is 18.2 Å². The maximum absolute atomic E-state index is 13.1. The van der Waals surface area contributed by atoms with Crippen molar-refractivity contribution in [3.8, 4) is 5.75 Å². The Bertz CT molecular complexity index is 1500. The predicted molar refractivity (Wildman–Crippen MR) is 146 cm³/mol. The number of ether oxygens (including phenoxy) is 1. The number of nitrogens with zero attached hydrogens (tertiary/aromatic N) is 1. The number of carbonyl (C=O) groups is 1. The molecule has 1 heterocycles. The first-order valence-electron chi connectivity index (χ1n) is 12.2. The third-order valence-corrected chi connectivity index (χ3v) is 9.85. The van der Waals surface area contributed by atoms with Crippen molar-refractivity contribution in [2.24, 2.45) is 5.92 Å². The lowest BCUT2D eigenvalue weighted by Gasteiger charge is -2.31. The number of carbonyl (C=O) groups excluding carboxylic acids is 1. The first kappa shape index (κ1) is 27.6. The standard InChI is InChI=1S/C27H31N3O6S2/c1-19-6-4-7-20(2)26(19)29-37(32,33)24-13-9-22(10-14-24)28-27(31)21-8-5-17-30(18-21)38(34,35)25-15-11-23(36-3)12-16-25/h4,6-7,9-16,21,29H,5,8,17-18H2,1-3H3,(H,28,31)/t21-/m0/s1. The molecule has 0 spiro atoms. The molecule has 1 saturated heterocycles. The quantitative estimate of drug-likeness (QED) is 0.429. The maximum Gasteiger partial charge on any atom is 0.261 e. The highest BCUT2D eigenvalue weighted by Crippen LogP contribution is 2.27. The summed E-state index contributed by atoms with van der Waals surface area (Å²) >= 11 is 0. The minimum Gasteiger partial charge on any atom is -0.497 e. The summed E-state index contributed by atoms with van der Waals surface area (Å²) < 4.78 is 61.1. The SMILES string of the molecule is COc1ccc(S(=O)(=O)N2CCC[C@H](C(=O)Nc3ccc(S(=O)(=O)Nc4c(C)cccc4C)cc3)C2)cc1. The van der Waals surface area contributed by atoms with Crippen LogP contribution in [0.2, 0.25) is 0 Å². The molecule has 0 aromatic heterocycles. The lowest BCUT2D eigenvalue weighted by atomic mass is 9.99. The van der Waals surface area contributed by atoms with Gasteiger partial charge in [-0.3, -0.25) is 9.52 Å². The third-order valence-electron chi connectivity index (χ3n) is 6.60. The normalized spacial score (nSPS) is 16.6. The van der Waals surface area contributed by atoms with Crippen LogP contribution in [0.25, 0.3) is 0 Å². The van der Waals surface area contributed by atoms with E-state index in [9.17, 15) is 21.6 Å².